The van der Waals surface area contributed by atoms with Crippen molar-refractivity contribution in [2.75, 3.05) is 20.3 Å². The van der Waals surface area contributed by atoms with Crippen molar-refractivity contribution >= 4 is 40.2 Å². The summed E-state index contributed by atoms with van der Waals surface area (Å²) in [6, 6.07) is 3.77. The van der Waals surface area contributed by atoms with Gasteiger partial charge in [0.25, 0.3) is 0 Å². The second-order valence-corrected chi connectivity index (χ2v) is 18.2. The number of carbonyl (C=O) groups excluding carboxylic acids is 3. The van der Waals surface area contributed by atoms with E-state index in [9.17, 15) is 19.5 Å². The van der Waals surface area contributed by atoms with Crippen molar-refractivity contribution < 1.29 is 38.4 Å². The van der Waals surface area contributed by atoms with E-state index in [4.69, 9.17) is 28.9 Å². The van der Waals surface area contributed by atoms with Crippen LogP contribution in [0, 0.1) is 24.2 Å². The first-order valence-electron chi connectivity index (χ1n) is 19.3. The number of methoxy groups -OCH3 is 1. The van der Waals surface area contributed by atoms with Gasteiger partial charge in [-0.3, -0.25) is 9.69 Å². The molecule has 13 nitrogen and oxygen atoms in total. The van der Waals surface area contributed by atoms with Crippen molar-refractivity contribution in [3.63, 3.8) is 0 Å². The molecule has 7 atom stereocenters. The zero-order valence-electron chi connectivity index (χ0n) is 34.8. The summed E-state index contributed by atoms with van der Waals surface area (Å²) in [5, 5.41) is 21.7. The predicted octanol–water partition coefficient (Wildman–Crippen LogP) is 6.75. The highest BCUT2D eigenvalue weighted by atomic mass is 32.1. The molecule has 3 N–H and O–H groups in total. The van der Waals surface area contributed by atoms with Gasteiger partial charge >= 0.3 is 12.1 Å². The minimum atomic E-state index is -1.37. The van der Waals surface area contributed by atoms with Crippen LogP contribution in [-0.2, 0) is 19.1 Å². The lowest BCUT2D eigenvalue weighted by atomic mass is 9.85. The van der Waals surface area contributed by atoms with E-state index in [0.717, 1.165) is 21.7 Å². The molecule has 2 aromatic heterocycles. The van der Waals surface area contributed by atoms with Crippen molar-refractivity contribution in [2.24, 2.45) is 17.3 Å². The molecule has 306 valence electrons. The van der Waals surface area contributed by atoms with E-state index in [1.807, 2.05) is 58.2 Å². The molecule has 1 aliphatic carbocycles. The number of aliphatic hydroxyl groups is 1. The zero-order valence-corrected chi connectivity index (χ0v) is 35.6. The Labute approximate surface area is 334 Å². The topological polar surface area (TPSA) is 161 Å². The minimum Gasteiger partial charge on any atom is -0.496 e. The lowest BCUT2D eigenvalue weighted by Crippen LogP contribution is -2.62. The number of carbonyl (C=O) groups is 3. The number of amides is 2. The maximum atomic E-state index is 14.6. The number of hydrogen-bond donors (Lipinski definition) is 3. The van der Waals surface area contributed by atoms with Crippen LogP contribution in [0.5, 0.6) is 11.5 Å². The Bertz CT molecular complexity index is 1950. The molecule has 0 radical (unpaired) electrons. The maximum Gasteiger partial charge on any atom is 0.408 e. The van der Waals surface area contributed by atoms with Crippen LogP contribution in [0.2, 0.25) is 0 Å². The lowest BCUT2D eigenvalue weighted by molar-refractivity contribution is -0.150. The summed E-state index contributed by atoms with van der Waals surface area (Å²) in [7, 11) is 1.62. The number of likely N-dealkylation sites (tertiary alicyclic amines) is 1. The molecule has 7 unspecified atom stereocenters. The van der Waals surface area contributed by atoms with Gasteiger partial charge in [0.2, 0.25) is 5.91 Å². The maximum absolute atomic E-state index is 14.6. The van der Waals surface area contributed by atoms with Gasteiger partial charge in [0.1, 0.15) is 45.7 Å². The van der Waals surface area contributed by atoms with E-state index in [2.05, 4.69) is 31.1 Å². The van der Waals surface area contributed by atoms with Crippen LogP contribution in [-0.4, -0.2) is 93.8 Å². The van der Waals surface area contributed by atoms with E-state index in [0.29, 0.717) is 29.1 Å². The molecular weight excluding hydrogens is 735 g/mol. The number of fused-ring (bicyclic) bond motifs is 1. The number of hydrogen-bond acceptors (Lipinski definition) is 12. The largest absolute Gasteiger partial charge is 0.496 e. The lowest BCUT2D eigenvalue weighted by Gasteiger charge is -2.41. The third-order valence-corrected chi connectivity index (χ3v) is 11.5. The summed E-state index contributed by atoms with van der Waals surface area (Å²) in [6.45, 7) is 24.8. The molecule has 1 aromatic carbocycles. The van der Waals surface area contributed by atoms with Gasteiger partial charge in [0, 0.05) is 40.8 Å². The van der Waals surface area contributed by atoms with Crippen molar-refractivity contribution in [3.8, 4) is 22.2 Å². The Hall–Kier alpha value is -4.27. The van der Waals surface area contributed by atoms with Gasteiger partial charge in [0.15, 0.2) is 0 Å². The van der Waals surface area contributed by atoms with Crippen LogP contribution in [0.3, 0.4) is 0 Å². The quantitative estimate of drug-likeness (QED) is 0.124. The number of pyridine rings is 1. The molecule has 2 aliphatic rings. The molecule has 1 saturated carbocycles. The normalized spacial score (nSPS) is 23.7. The average molecular weight is 794 g/mol. The van der Waals surface area contributed by atoms with Gasteiger partial charge in [-0.05, 0) is 64.5 Å². The fraction of sp³-hybridized carbons (Fsp3) is 0.595. The Kier molecular flexibility index (Phi) is 12.5. The van der Waals surface area contributed by atoms with Crippen LogP contribution in [0.4, 0.5) is 4.79 Å². The second kappa shape index (κ2) is 16.3. The number of aromatic nitrogens is 2. The van der Waals surface area contributed by atoms with Crippen LogP contribution in [0.25, 0.3) is 21.6 Å². The van der Waals surface area contributed by atoms with E-state index in [-0.39, 0.29) is 25.0 Å². The van der Waals surface area contributed by atoms with Gasteiger partial charge < -0.3 is 34.7 Å². The van der Waals surface area contributed by atoms with Gasteiger partial charge in [-0.1, -0.05) is 47.6 Å². The predicted molar refractivity (Wildman–Crippen MR) is 217 cm³/mol. The minimum absolute atomic E-state index is 0.101. The number of ether oxygens (including phenoxy) is 4. The first-order chi connectivity index (χ1) is 26.1. The summed E-state index contributed by atoms with van der Waals surface area (Å²) in [6.07, 6.45) is -0.722. The number of benzene rings is 1. The third kappa shape index (κ3) is 8.82. The van der Waals surface area contributed by atoms with E-state index < -0.39 is 64.9 Å². The van der Waals surface area contributed by atoms with Gasteiger partial charge in [-0.2, -0.15) is 0 Å². The summed E-state index contributed by atoms with van der Waals surface area (Å²) in [5.74, 6) is -0.407. The number of aryl methyl sites for hydroxylation is 1. The molecule has 5 rings (SSSR count). The van der Waals surface area contributed by atoms with E-state index in [1.54, 1.807) is 45.8 Å². The number of alkyl carbamates (subject to hydrolysis) is 1. The molecule has 1 saturated heterocycles. The van der Waals surface area contributed by atoms with Crippen LogP contribution in [0.1, 0.15) is 92.8 Å². The molecule has 3 aromatic rings. The zero-order chi connectivity index (χ0) is 41.5. The molecule has 2 fully saturated rings. The monoisotopic (exact) mass is 793 g/mol. The number of thiazole rings is 1. The Morgan fingerprint density at radius 3 is 2.39 bits per heavy atom. The Balaban J connectivity index is 1.58. The number of esters is 1. The molecule has 3 heterocycles. The van der Waals surface area contributed by atoms with E-state index >= 15 is 0 Å². The van der Waals surface area contributed by atoms with Crippen LogP contribution < -0.4 is 20.1 Å². The number of nitrogens with one attached hydrogen (secondary N) is 2. The van der Waals surface area contributed by atoms with E-state index in [1.165, 1.54) is 11.3 Å². The molecule has 56 heavy (non-hydrogen) atoms. The Morgan fingerprint density at radius 2 is 1.84 bits per heavy atom. The Morgan fingerprint density at radius 1 is 1.14 bits per heavy atom. The van der Waals surface area contributed by atoms with Gasteiger partial charge in [0.05, 0.1) is 37.0 Å². The first kappa shape index (κ1) is 42.9. The average Bonchev–Trinajstić information content (AvgIpc) is 3.41. The number of rotatable bonds is 13. The standard InChI is InChI=1S/C42H59N5O8S/c1-14-25-19-42(25,38(50)53-15-2)46-35(48)33-24(6)31(20-47(33)37(49)34(40(7,8)9)45-39(51)55-41(10,11)12)54-30-18-27(36-44-28(21-56-36)22(3)4)43-32-23(5)29(52-13)17-16-26(30)32/h14,16-18,21-22,24-25,31,33-34,37,49H,1,15,19-20H2,2-13H3,(H,45,51)(H,46,48). The smallest absolute Gasteiger partial charge is 0.408 e. The molecule has 14 heteroatoms. The van der Waals surface area contributed by atoms with Gasteiger partial charge in [-0.25, -0.2) is 19.6 Å². The highest BCUT2D eigenvalue weighted by Crippen LogP contribution is 2.46. The van der Waals surface area contributed by atoms with Gasteiger partial charge in [-0.15, -0.1) is 17.9 Å². The SMILES string of the molecule is C=CC1CC1(NC(=O)C1C(C)C(Oc2cc(-c3nc(C(C)C)cs3)nc3c(C)c(OC)ccc23)CN1C(O)C(NC(=O)OC(C)(C)C)C(C)(C)C)C(=O)OCC. The summed E-state index contributed by atoms with van der Waals surface area (Å²) >= 11 is 1.50. The molecule has 1 aliphatic heterocycles. The fourth-order valence-corrected chi connectivity index (χ4v) is 8.30. The van der Waals surface area contributed by atoms with Crippen LogP contribution in [0.15, 0.2) is 36.2 Å². The van der Waals surface area contributed by atoms with Crippen molar-refractivity contribution in [1.82, 2.24) is 25.5 Å². The summed E-state index contributed by atoms with van der Waals surface area (Å²) in [5.41, 5.74) is 0.374. The van der Waals surface area contributed by atoms with Crippen molar-refractivity contribution in [3.05, 3.63) is 47.5 Å². The third-order valence-electron chi connectivity index (χ3n) is 10.6. The highest BCUT2D eigenvalue weighted by Gasteiger charge is 2.62. The number of aliphatic hydroxyl groups excluding tert-OH is 1. The second-order valence-electron chi connectivity index (χ2n) is 17.3. The van der Waals surface area contributed by atoms with Crippen LogP contribution >= 0.6 is 11.3 Å². The summed E-state index contributed by atoms with van der Waals surface area (Å²) in [4.78, 5) is 52.6. The molecule has 0 bridgehead atoms. The molecule has 0 spiro atoms. The highest BCUT2D eigenvalue weighted by molar-refractivity contribution is 7.13. The number of nitrogens with zero attached hydrogens (tertiary/aromatic N) is 3. The molecular formula is C42H59N5O8S. The molecule has 2 amide bonds. The van der Waals surface area contributed by atoms with Crippen molar-refractivity contribution in [1.29, 1.82) is 0 Å². The van der Waals surface area contributed by atoms with Crippen molar-refractivity contribution in [2.45, 2.75) is 124 Å². The first-order valence-corrected chi connectivity index (χ1v) is 20.2. The summed E-state index contributed by atoms with van der Waals surface area (Å²) < 4.78 is 23.6. The fourth-order valence-electron chi connectivity index (χ4n) is 7.36.